The lowest BCUT2D eigenvalue weighted by molar-refractivity contribution is 0.134. The average molecular weight is 408 g/mol. The third-order valence-electron chi connectivity index (χ3n) is 7.17. The molecule has 0 saturated carbocycles. The van der Waals surface area contributed by atoms with Gasteiger partial charge in [-0.25, -0.2) is 0 Å². The molecule has 1 saturated heterocycles. The molecular weight excluding hydrogens is 378 g/mol. The predicted molar refractivity (Wildman–Crippen MR) is 119 cm³/mol. The van der Waals surface area contributed by atoms with Crippen molar-refractivity contribution in [2.24, 2.45) is 0 Å². The van der Waals surface area contributed by atoms with Crippen LogP contribution in [0.3, 0.4) is 0 Å². The monoisotopic (exact) mass is 407 g/mol. The summed E-state index contributed by atoms with van der Waals surface area (Å²) in [7, 11) is 6.77. The maximum absolute atomic E-state index is 5.88. The maximum atomic E-state index is 5.88. The fourth-order valence-electron chi connectivity index (χ4n) is 5.61. The van der Waals surface area contributed by atoms with Crippen LogP contribution in [0.25, 0.3) is 21.5 Å². The molecule has 5 nitrogen and oxygen atoms in total. The number of hydrogen-bond donors (Lipinski definition) is 0. The Morgan fingerprint density at radius 2 is 1.50 bits per heavy atom. The topological polar surface area (TPSA) is 40.2 Å². The van der Waals surface area contributed by atoms with Gasteiger partial charge in [-0.2, -0.15) is 0 Å². The normalized spacial score (nSPS) is 20.8. The minimum absolute atomic E-state index is 0.220. The van der Waals surface area contributed by atoms with E-state index in [-0.39, 0.29) is 5.54 Å². The van der Waals surface area contributed by atoms with Crippen molar-refractivity contribution in [3.63, 3.8) is 0 Å². The molecule has 0 N–H and O–H groups in total. The Labute approximate surface area is 177 Å². The number of rotatable bonds is 4. The van der Waals surface area contributed by atoms with Gasteiger partial charge in [0.15, 0.2) is 23.0 Å². The summed E-state index contributed by atoms with van der Waals surface area (Å²) in [6.45, 7) is 4.53. The van der Waals surface area contributed by atoms with Gasteiger partial charge in [-0.3, -0.25) is 4.90 Å². The highest BCUT2D eigenvalue weighted by Crippen LogP contribution is 2.49. The van der Waals surface area contributed by atoms with Gasteiger partial charge >= 0.3 is 0 Å². The third-order valence-corrected chi connectivity index (χ3v) is 7.17. The second kappa shape index (κ2) is 6.95. The van der Waals surface area contributed by atoms with Crippen molar-refractivity contribution < 1.29 is 18.9 Å². The van der Waals surface area contributed by atoms with Crippen LogP contribution in [0.1, 0.15) is 30.9 Å². The molecule has 2 heterocycles. The Morgan fingerprint density at radius 3 is 2.17 bits per heavy atom. The van der Waals surface area contributed by atoms with Gasteiger partial charge < -0.3 is 18.9 Å². The fraction of sp³-hybridized carbons (Fsp3) is 0.440. The predicted octanol–water partition coefficient (Wildman–Crippen LogP) is 4.94. The van der Waals surface area contributed by atoms with Gasteiger partial charge in [-0.1, -0.05) is 6.07 Å². The fourth-order valence-corrected chi connectivity index (χ4v) is 5.61. The molecule has 0 radical (unpaired) electrons. The van der Waals surface area contributed by atoms with E-state index >= 15 is 0 Å². The molecular formula is C25H29NO4. The van der Waals surface area contributed by atoms with Gasteiger partial charge in [-0.05, 0) is 78.2 Å². The zero-order valence-electron chi connectivity index (χ0n) is 18.4. The van der Waals surface area contributed by atoms with Crippen LogP contribution in [0.5, 0.6) is 23.0 Å². The highest BCUT2D eigenvalue weighted by atomic mass is 16.5. The van der Waals surface area contributed by atoms with Gasteiger partial charge in [0.05, 0.1) is 28.4 Å². The summed E-state index contributed by atoms with van der Waals surface area (Å²) in [6.07, 6.45) is 3.54. The quantitative estimate of drug-likeness (QED) is 0.573. The second-order valence-electron chi connectivity index (χ2n) is 8.63. The van der Waals surface area contributed by atoms with Crippen LogP contribution in [0.4, 0.5) is 0 Å². The lowest BCUT2D eigenvalue weighted by Gasteiger charge is -2.42. The van der Waals surface area contributed by atoms with Crippen LogP contribution in [0.15, 0.2) is 24.3 Å². The van der Waals surface area contributed by atoms with Crippen molar-refractivity contribution in [2.75, 3.05) is 35.0 Å². The SMILES string of the molecule is COc1cc2c3c(c4ccc(OC)c(OC)c4c2cc1OC)C[C@]1(C)CCCN1C3. The highest BCUT2D eigenvalue weighted by molar-refractivity contribution is 6.15. The standard InChI is InChI=1S/C25H29NO4/c1-25-9-6-10-26(25)14-19-16-11-21(28-3)22(29-4)12-17(16)23-15(18(19)13-25)7-8-20(27-2)24(23)30-5/h7-8,11-12H,6,9-10,13-14H2,1-5H3/t25-/m0/s1. The molecule has 0 aromatic heterocycles. The molecule has 5 rings (SSSR count). The van der Waals surface area contributed by atoms with Crippen molar-refractivity contribution in [1.82, 2.24) is 4.90 Å². The van der Waals surface area contributed by atoms with E-state index in [1.807, 2.05) is 6.07 Å². The molecule has 158 valence electrons. The van der Waals surface area contributed by atoms with Crippen molar-refractivity contribution in [3.05, 3.63) is 35.4 Å². The molecule has 0 amide bonds. The molecule has 2 aliphatic rings. The third kappa shape index (κ3) is 2.58. The molecule has 30 heavy (non-hydrogen) atoms. The molecule has 0 aliphatic carbocycles. The number of benzene rings is 3. The van der Waals surface area contributed by atoms with Crippen LogP contribution in [0, 0.1) is 0 Å². The zero-order valence-corrected chi connectivity index (χ0v) is 18.4. The number of nitrogens with zero attached hydrogens (tertiary/aromatic N) is 1. The van der Waals surface area contributed by atoms with Crippen LogP contribution in [0.2, 0.25) is 0 Å². The van der Waals surface area contributed by atoms with Crippen molar-refractivity contribution >= 4 is 21.5 Å². The van der Waals surface area contributed by atoms with Crippen LogP contribution >= 0.6 is 0 Å². The van der Waals surface area contributed by atoms with E-state index in [0.29, 0.717) is 0 Å². The summed E-state index contributed by atoms with van der Waals surface area (Å²) in [4.78, 5) is 2.65. The maximum Gasteiger partial charge on any atom is 0.169 e. The number of fused-ring (bicyclic) bond motifs is 7. The number of ether oxygens (including phenoxy) is 4. The summed E-state index contributed by atoms with van der Waals surface area (Å²) in [5, 5.41) is 4.65. The van der Waals surface area contributed by atoms with E-state index in [1.54, 1.807) is 28.4 Å². The van der Waals surface area contributed by atoms with E-state index in [1.165, 1.54) is 34.7 Å². The Bertz CT molecular complexity index is 1160. The highest BCUT2D eigenvalue weighted by Gasteiger charge is 2.41. The molecule has 0 bridgehead atoms. The van der Waals surface area contributed by atoms with E-state index in [4.69, 9.17) is 18.9 Å². The zero-order chi connectivity index (χ0) is 21.0. The van der Waals surface area contributed by atoms with E-state index in [2.05, 4.69) is 30.0 Å². The van der Waals surface area contributed by atoms with E-state index in [0.717, 1.165) is 53.3 Å². The lowest BCUT2D eigenvalue weighted by Crippen LogP contribution is -2.46. The Kier molecular flexibility index (Phi) is 4.47. The first-order valence-electron chi connectivity index (χ1n) is 10.5. The smallest absolute Gasteiger partial charge is 0.169 e. The number of methoxy groups -OCH3 is 4. The van der Waals surface area contributed by atoms with Crippen LogP contribution in [-0.2, 0) is 13.0 Å². The van der Waals surface area contributed by atoms with Crippen molar-refractivity contribution in [2.45, 2.75) is 38.3 Å². The minimum atomic E-state index is 0.220. The minimum Gasteiger partial charge on any atom is -0.493 e. The molecule has 0 unspecified atom stereocenters. The largest absolute Gasteiger partial charge is 0.493 e. The molecule has 2 aliphatic heterocycles. The van der Waals surface area contributed by atoms with Gasteiger partial charge in [0.2, 0.25) is 0 Å². The number of hydrogen-bond acceptors (Lipinski definition) is 5. The van der Waals surface area contributed by atoms with Crippen LogP contribution in [-0.4, -0.2) is 45.4 Å². The average Bonchev–Trinajstić information content (AvgIpc) is 3.16. The van der Waals surface area contributed by atoms with Gasteiger partial charge in [0, 0.05) is 17.5 Å². The molecule has 1 fully saturated rings. The van der Waals surface area contributed by atoms with Crippen LogP contribution < -0.4 is 18.9 Å². The van der Waals surface area contributed by atoms with Gasteiger partial charge in [-0.15, -0.1) is 0 Å². The molecule has 1 atom stereocenters. The first-order chi connectivity index (χ1) is 14.5. The van der Waals surface area contributed by atoms with Crippen molar-refractivity contribution in [1.29, 1.82) is 0 Å². The summed E-state index contributed by atoms with van der Waals surface area (Å²) in [5.41, 5.74) is 3.04. The Morgan fingerprint density at radius 1 is 0.800 bits per heavy atom. The van der Waals surface area contributed by atoms with Crippen molar-refractivity contribution in [3.8, 4) is 23.0 Å². The first-order valence-corrected chi connectivity index (χ1v) is 10.5. The second-order valence-corrected chi connectivity index (χ2v) is 8.63. The summed E-state index contributed by atoms with van der Waals surface area (Å²) in [5.74, 6) is 2.99. The Hall–Kier alpha value is -2.66. The summed E-state index contributed by atoms with van der Waals surface area (Å²) >= 11 is 0. The first kappa shape index (κ1) is 19.3. The molecule has 3 aromatic rings. The van der Waals surface area contributed by atoms with E-state index in [9.17, 15) is 0 Å². The molecule has 3 aromatic carbocycles. The molecule has 0 spiro atoms. The molecule has 5 heteroatoms. The van der Waals surface area contributed by atoms with Gasteiger partial charge in [0.25, 0.3) is 0 Å². The lowest BCUT2D eigenvalue weighted by atomic mass is 9.79. The van der Waals surface area contributed by atoms with E-state index < -0.39 is 0 Å². The summed E-state index contributed by atoms with van der Waals surface area (Å²) in [6, 6.07) is 8.43. The van der Waals surface area contributed by atoms with Gasteiger partial charge in [0.1, 0.15) is 0 Å². The summed E-state index contributed by atoms with van der Waals surface area (Å²) < 4.78 is 22.8. The Balaban J connectivity index is 1.95.